The number of carbonyl (C=O) groups excluding carboxylic acids is 3. The Morgan fingerprint density at radius 2 is 1.66 bits per heavy atom. The standard InChI is InChI=1S/C25H25N3O4/c1-2-25(20-12-7-4-8-13-20)23(30)28(24(31)26-25)18-22(29)27(17-21-14-9-15-32-21)16-19-10-5-3-6-11-19/h3-15H,2,16-18H2,1H3,(H,26,31). The number of benzene rings is 2. The second-order valence-electron chi connectivity index (χ2n) is 7.76. The SMILES string of the molecule is CCC1(c2ccccc2)NC(=O)N(CC(=O)N(Cc2ccccc2)Cc2ccco2)C1=O. The van der Waals surface area contributed by atoms with E-state index in [2.05, 4.69) is 5.32 Å². The lowest BCUT2D eigenvalue weighted by Crippen LogP contribution is -2.45. The number of nitrogens with one attached hydrogen (secondary N) is 1. The molecule has 1 aromatic heterocycles. The van der Waals surface area contributed by atoms with Gasteiger partial charge >= 0.3 is 6.03 Å². The first kappa shape index (κ1) is 21.4. The van der Waals surface area contributed by atoms with E-state index >= 15 is 0 Å². The van der Waals surface area contributed by atoms with Crippen LogP contribution in [0.5, 0.6) is 0 Å². The molecule has 2 aromatic carbocycles. The van der Waals surface area contributed by atoms with Gasteiger partial charge in [-0.2, -0.15) is 0 Å². The third-order valence-electron chi connectivity index (χ3n) is 5.76. The summed E-state index contributed by atoms with van der Waals surface area (Å²) in [6.07, 6.45) is 1.93. The minimum atomic E-state index is -1.16. The first-order chi connectivity index (χ1) is 15.5. The lowest BCUT2D eigenvalue weighted by Gasteiger charge is -2.27. The van der Waals surface area contributed by atoms with Crippen molar-refractivity contribution in [2.75, 3.05) is 6.54 Å². The second kappa shape index (κ2) is 9.09. The van der Waals surface area contributed by atoms with Crippen LogP contribution >= 0.6 is 0 Å². The van der Waals surface area contributed by atoms with Crippen molar-refractivity contribution in [2.45, 2.75) is 32.0 Å². The fourth-order valence-corrected chi connectivity index (χ4v) is 3.99. The van der Waals surface area contributed by atoms with Crippen LogP contribution in [0, 0.1) is 0 Å². The average molecular weight is 431 g/mol. The quantitative estimate of drug-likeness (QED) is 0.552. The number of rotatable bonds is 8. The van der Waals surface area contributed by atoms with Gasteiger partial charge in [0, 0.05) is 6.54 Å². The molecule has 1 saturated heterocycles. The smallest absolute Gasteiger partial charge is 0.325 e. The molecule has 0 bridgehead atoms. The van der Waals surface area contributed by atoms with E-state index < -0.39 is 17.5 Å². The van der Waals surface area contributed by atoms with E-state index in [-0.39, 0.29) is 19.0 Å². The van der Waals surface area contributed by atoms with Crippen molar-refractivity contribution in [1.82, 2.24) is 15.1 Å². The maximum absolute atomic E-state index is 13.4. The van der Waals surface area contributed by atoms with Gasteiger partial charge in [-0.25, -0.2) is 4.79 Å². The number of hydrogen-bond acceptors (Lipinski definition) is 4. The van der Waals surface area contributed by atoms with E-state index in [1.165, 1.54) is 0 Å². The summed E-state index contributed by atoms with van der Waals surface area (Å²) in [6.45, 7) is 2.07. The fourth-order valence-electron chi connectivity index (χ4n) is 3.99. The molecule has 0 saturated carbocycles. The van der Waals surface area contributed by atoms with Crippen molar-refractivity contribution in [3.05, 3.63) is 95.9 Å². The molecule has 1 aliphatic rings. The van der Waals surface area contributed by atoms with Crippen LogP contribution in [0.2, 0.25) is 0 Å². The Morgan fingerprint density at radius 3 is 2.28 bits per heavy atom. The highest BCUT2D eigenvalue weighted by molar-refractivity contribution is 6.09. The number of carbonyl (C=O) groups is 3. The summed E-state index contributed by atoms with van der Waals surface area (Å²) in [5, 5.41) is 2.82. The minimum absolute atomic E-state index is 0.238. The van der Waals surface area contributed by atoms with Crippen LogP contribution in [0.25, 0.3) is 0 Å². The molecule has 1 fully saturated rings. The van der Waals surface area contributed by atoms with Crippen LogP contribution in [-0.2, 0) is 28.2 Å². The van der Waals surface area contributed by atoms with Crippen LogP contribution in [0.3, 0.4) is 0 Å². The molecule has 0 spiro atoms. The Balaban J connectivity index is 1.55. The summed E-state index contributed by atoms with van der Waals surface area (Å²) in [5.74, 6) is -0.130. The molecule has 7 nitrogen and oxygen atoms in total. The van der Waals surface area contributed by atoms with Gasteiger partial charge in [-0.3, -0.25) is 14.5 Å². The van der Waals surface area contributed by atoms with Gasteiger partial charge in [0.05, 0.1) is 12.8 Å². The van der Waals surface area contributed by atoms with Crippen LogP contribution < -0.4 is 5.32 Å². The minimum Gasteiger partial charge on any atom is -0.467 e. The molecule has 1 aliphatic heterocycles. The average Bonchev–Trinajstić information content (AvgIpc) is 3.42. The second-order valence-corrected chi connectivity index (χ2v) is 7.76. The molecule has 0 radical (unpaired) electrons. The third-order valence-corrected chi connectivity index (χ3v) is 5.76. The van der Waals surface area contributed by atoms with Gasteiger partial charge in [0.25, 0.3) is 5.91 Å². The lowest BCUT2D eigenvalue weighted by molar-refractivity contribution is -0.140. The fraction of sp³-hybridized carbons (Fsp3) is 0.240. The topological polar surface area (TPSA) is 82.9 Å². The van der Waals surface area contributed by atoms with Gasteiger partial charge in [0.15, 0.2) is 0 Å². The maximum atomic E-state index is 13.4. The summed E-state index contributed by atoms with van der Waals surface area (Å²) in [7, 11) is 0. The van der Waals surface area contributed by atoms with E-state index in [0.717, 1.165) is 10.5 Å². The summed E-state index contributed by atoms with van der Waals surface area (Å²) in [6, 6.07) is 21.7. The largest absolute Gasteiger partial charge is 0.467 e. The number of hydrogen-bond donors (Lipinski definition) is 1. The molecule has 3 aromatic rings. The highest BCUT2D eigenvalue weighted by Crippen LogP contribution is 2.32. The maximum Gasteiger partial charge on any atom is 0.325 e. The van der Waals surface area contributed by atoms with Crippen molar-refractivity contribution in [1.29, 1.82) is 0 Å². The Hall–Kier alpha value is -3.87. The van der Waals surface area contributed by atoms with Gasteiger partial charge in [0.1, 0.15) is 17.8 Å². The van der Waals surface area contributed by atoms with E-state index in [1.54, 1.807) is 23.3 Å². The number of urea groups is 1. The Morgan fingerprint density at radius 1 is 0.969 bits per heavy atom. The Bertz CT molecular complexity index is 1080. The number of imide groups is 1. The van der Waals surface area contributed by atoms with Crippen molar-refractivity contribution in [3.8, 4) is 0 Å². The van der Waals surface area contributed by atoms with Crippen molar-refractivity contribution in [3.63, 3.8) is 0 Å². The van der Waals surface area contributed by atoms with Gasteiger partial charge in [-0.15, -0.1) is 0 Å². The molecule has 2 heterocycles. The van der Waals surface area contributed by atoms with Crippen LogP contribution in [0.4, 0.5) is 4.79 Å². The number of amides is 4. The first-order valence-corrected chi connectivity index (χ1v) is 10.6. The summed E-state index contributed by atoms with van der Waals surface area (Å²) in [4.78, 5) is 42.0. The van der Waals surface area contributed by atoms with E-state index in [4.69, 9.17) is 4.42 Å². The van der Waals surface area contributed by atoms with E-state index in [0.29, 0.717) is 24.3 Å². The number of furan rings is 1. The summed E-state index contributed by atoms with van der Waals surface area (Å²) >= 11 is 0. The molecular weight excluding hydrogens is 406 g/mol. The molecule has 1 N–H and O–H groups in total. The molecule has 164 valence electrons. The van der Waals surface area contributed by atoms with Gasteiger partial charge in [-0.05, 0) is 29.7 Å². The molecule has 0 aliphatic carbocycles. The molecule has 1 atom stereocenters. The summed E-state index contributed by atoms with van der Waals surface area (Å²) < 4.78 is 5.42. The van der Waals surface area contributed by atoms with Gasteiger partial charge in [0.2, 0.25) is 5.91 Å². The van der Waals surface area contributed by atoms with Gasteiger partial charge < -0.3 is 14.6 Å². The predicted octanol–water partition coefficient (Wildman–Crippen LogP) is 3.67. The van der Waals surface area contributed by atoms with E-state index in [1.807, 2.05) is 67.6 Å². The normalized spacial score (nSPS) is 18.0. The lowest BCUT2D eigenvalue weighted by atomic mass is 9.87. The molecular formula is C25H25N3O4. The van der Waals surface area contributed by atoms with Crippen LogP contribution in [0.15, 0.2) is 83.5 Å². The molecule has 7 heteroatoms. The Kier molecular flexibility index (Phi) is 6.07. The highest BCUT2D eigenvalue weighted by Gasteiger charge is 2.51. The van der Waals surface area contributed by atoms with Crippen LogP contribution in [0.1, 0.15) is 30.2 Å². The zero-order valence-electron chi connectivity index (χ0n) is 17.9. The molecule has 32 heavy (non-hydrogen) atoms. The van der Waals surface area contributed by atoms with Crippen molar-refractivity contribution in [2.24, 2.45) is 0 Å². The van der Waals surface area contributed by atoms with Crippen molar-refractivity contribution < 1.29 is 18.8 Å². The zero-order chi connectivity index (χ0) is 22.6. The monoisotopic (exact) mass is 431 g/mol. The third kappa shape index (κ3) is 4.14. The summed E-state index contributed by atoms with van der Waals surface area (Å²) in [5.41, 5.74) is 0.480. The van der Waals surface area contributed by atoms with Gasteiger partial charge in [-0.1, -0.05) is 67.6 Å². The predicted molar refractivity (Wildman–Crippen MR) is 118 cm³/mol. The molecule has 1 unspecified atom stereocenters. The number of nitrogens with zero attached hydrogens (tertiary/aromatic N) is 2. The molecule has 4 rings (SSSR count). The highest BCUT2D eigenvalue weighted by atomic mass is 16.3. The van der Waals surface area contributed by atoms with Crippen LogP contribution in [-0.4, -0.2) is 34.2 Å². The zero-order valence-corrected chi connectivity index (χ0v) is 17.9. The molecule has 4 amide bonds. The Labute approximate surface area is 186 Å². The van der Waals surface area contributed by atoms with E-state index in [9.17, 15) is 14.4 Å². The first-order valence-electron chi connectivity index (χ1n) is 10.6. The van der Waals surface area contributed by atoms with Crippen molar-refractivity contribution >= 4 is 17.8 Å².